The van der Waals surface area contributed by atoms with Crippen molar-refractivity contribution in [1.29, 1.82) is 0 Å². The van der Waals surface area contributed by atoms with Gasteiger partial charge in [-0.15, -0.1) is 0 Å². The highest BCUT2D eigenvalue weighted by molar-refractivity contribution is 7.89. The molecule has 9 heteroatoms. The van der Waals surface area contributed by atoms with Crippen LogP contribution in [0.4, 0.5) is 4.39 Å². The van der Waals surface area contributed by atoms with E-state index in [1.54, 1.807) is 0 Å². The van der Waals surface area contributed by atoms with E-state index in [1.807, 2.05) is 0 Å². The zero-order valence-electron chi connectivity index (χ0n) is 10.4. The number of nitrogens with one attached hydrogen (secondary N) is 2. The minimum Gasteiger partial charge on any atom is -0.477 e. The lowest BCUT2D eigenvalue weighted by molar-refractivity contribution is 0.0691. The number of carboxylic acid groups (broad SMARTS) is 1. The van der Waals surface area contributed by atoms with Crippen molar-refractivity contribution in [2.24, 2.45) is 0 Å². The summed E-state index contributed by atoms with van der Waals surface area (Å²) in [5.74, 6) is -1.86. The van der Waals surface area contributed by atoms with Crippen LogP contribution in [-0.2, 0) is 16.6 Å². The third-order valence-corrected chi connectivity index (χ3v) is 4.32. The summed E-state index contributed by atoms with van der Waals surface area (Å²) in [6, 6.07) is 4.83. The minimum atomic E-state index is -3.88. The van der Waals surface area contributed by atoms with Gasteiger partial charge in [-0.05, 0) is 23.8 Å². The van der Waals surface area contributed by atoms with E-state index < -0.39 is 21.8 Å². The van der Waals surface area contributed by atoms with E-state index in [1.165, 1.54) is 12.1 Å². The molecule has 0 aliphatic heterocycles. The molecule has 1 heterocycles. The third-order valence-electron chi connectivity index (χ3n) is 2.65. The van der Waals surface area contributed by atoms with Crippen LogP contribution in [0.2, 0.25) is 5.02 Å². The number of aromatic nitrogens is 1. The standard InChI is InChI=1S/C12H10ClFN2O4S/c13-9-3-7(1-2-10(9)14)5-16-21(19,20)8-4-11(12(17)18)15-6-8/h1-4,6,15-16H,5H2,(H,17,18). The fraction of sp³-hybridized carbons (Fsp3) is 0.0833. The Morgan fingerprint density at radius 1 is 1.38 bits per heavy atom. The first-order chi connectivity index (χ1) is 9.79. The smallest absolute Gasteiger partial charge is 0.352 e. The van der Waals surface area contributed by atoms with Gasteiger partial charge >= 0.3 is 5.97 Å². The molecule has 0 bridgehead atoms. The fourth-order valence-corrected chi connectivity index (χ4v) is 2.78. The normalized spacial score (nSPS) is 11.5. The Kier molecular flexibility index (Phi) is 4.31. The summed E-state index contributed by atoms with van der Waals surface area (Å²) in [4.78, 5) is 12.8. The van der Waals surface area contributed by atoms with Crippen LogP contribution in [-0.4, -0.2) is 24.5 Å². The predicted molar refractivity (Wildman–Crippen MR) is 73.2 cm³/mol. The zero-order valence-corrected chi connectivity index (χ0v) is 12.0. The van der Waals surface area contributed by atoms with Crippen molar-refractivity contribution in [3.8, 4) is 0 Å². The molecule has 1 aromatic carbocycles. The van der Waals surface area contributed by atoms with Gasteiger partial charge in [-0.2, -0.15) is 0 Å². The number of sulfonamides is 1. The third kappa shape index (κ3) is 3.60. The summed E-state index contributed by atoms with van der Waals surface area (Å²) >= 11 is 5.60. The van der Waals surface area contributed by atoms with E-state index in [-0.39, 0.29) is 22.2 Å². The number of rotatable bonds is 5. The molecule has 0 atom stereocenters. The molecule has 1 aromatic heterocycles. The topological polar surface area (TPSA) is 99.3 Å². The lowest BCUT2D eigenvalue weighted by Gasteiger charge is -2.05. The molecule has 0 saturated carbocycles. The molecule has 0 radical (unpaired) electrons. The van der Waals surface area contributed by atoms with Crippen molar-refractivity contribution in [1.82, 2.24) is 9.71 Å². The number of aromatic amines is 1. The van der Waals surface area contributed by atoms with E-state index in [9.17, 15) is 17.6 Å². The molecule has 0 aliphatic carbocycles. The molecule has 0 saturated heterocycles. The van der Waals surface area contributed by atoms with Crippen molar-refractivity contribution in [2.45, 2.75) is 11.4 Å². The van der Waals surface area contributed by atoms with E-state index in [0.29, 0.717) is 5.56 Å². The molecular formula is C12H10ClFN2O4S. The Balaban J connectivity index is 2.13. The van der Waals surface area contributed by atoms with Gasteiger partial charge in [0, 0.05) is 12.7 Å². The molecule has 0 unspecified atom stereocenters. The Morgan fingerprint density at radius 2 is 2.10 bits per heavy atom. The van der Waals surface area contributed by atoms with Crippen LogP contribution in [0, 0.1) is 5.82 Å². The summed E-state index contributed by atoms with van der Waals surface area (Å²) in [5.41, 5.74) is 0.235. The molecule has 112 valence electrons. The molecule has 2 aromatic rings. The first-order valence-electron chi connectivity index (χ1n) is 5.65. The van der Waals surface area contributed by atoms with Gasteiger partial charge in [0.05, 0.1) is 5.02 Å². The second-order valence-corrected chi connectivity index (χ2v) is 6.30. The van der Waals surface area contributed by atoms with Crippen molar-refractivity contribution in [3.05, 3.63) is 52.6 Å². The zero-order chi connectivity index (χ0) is 15.6. The summed E-state index contributed by atoms with van der Waals surface area (Å²) in [5, 5.41) is 8.62. The minimum absolute atomic E-state index is 0.101. The van der Waals surface area contributed by atoms with Gasteiger partial charge in [0.15, 0.2) is 0 Å². The summed E-state index contributed by atoms with van der Waals surface area (Å²) in [6.07, 6.45) is 1.07. The molecule has 0 amide bonds. The molecule has 0 fully saturated rings. The second-order valence-electron chi connectivity index (χ2n) is 4.13. The van der Waals surface area contributed by atoms with Crippen LogP contribution in [0.15, 0.2) is 35.4 Å². The molecule has 6 nitrogen and oxygen atoms in total. The first-order valence-corrected chi connectivity index (χ1v) is 7.51. The van der Waals surface area contributed by atoms with E-state index in [0.717, 1.165) is 18.3 Å². The highest BCUT2D eigenvalue weighted by Gasteiger charge is 2.18. The van der Waals surface area contributed by atoms with Crippen LogP contribution in [0.25, 0.3) is 0 Å². The fourth-order valence-electron chi connectivity index (χ4n) is 1.56. The molecule has 3 N–H and O–H groups in total. The molecule has 21 heavy (non-hydrogen) atoms. The SMILES string of the molecule is O=C(O)c1cc(S(=O)(=O)NCc2ccc(F)c(Cl)c2)c[nH]1. The summed E-state index contributed by atoms with van der Waals surface area (Å²) in [6.45, 7) is -0.101. The van der Waals surface area contributed by atoms with Crippen LogP contribution in [0.5, 0.6) is 0 Å². The second kappa shape index (κ2) is 5.84. The lowest BCUT2D eigenvalue weighted by Crippen LogP contribution is -2.22. The highest BCUT2D eigenvalue weighted by Crippen LogP contribution is 2.17. The molecule has 2 rings (SSSR count). The average Bonchev–Trinajstić information content (AvgIpc) is 2.91. The maximum absolute atomic E-state index is 13.0. The molecule has 0 aliphatic rings. The average molecular weight is 333 g/mol. The van der Waals surface area contributed by atoms with Gasteiger partial charge in [-0.25, -0.2) is 22.3 Å². The maximum Gasteiger partial charge on any atom is 0.352 e. The first kappa shape index (κ1) is 15.5. The van der Waals surface area contributed by atoms with Crippen LogP contribution < -0.4 is 4.72 Å². The number of halogens is 2. The number of aromatic carboxylic acids is 1. The van der Waals surface area contributed by atoms with Crippen molar-refractivity contribution in [2.75, 3.05) is 0 Å². The maximum atomic E-state index is 13.0. The number of benzene rings is 1. The van der Waals surface area contributed by atoms with Crippen LogP contribution >= 0.6 is 11.6 Å². The monoisotopic (exact) mass is 332 g/mol. The highest BCUT2D eigenvalue weighted by atomic mass is 35.5. The van der Waals surface area contributed by atoms with Gasteiger partial charge in [0.25, 0.3) is 0 Å². The largest absolute Gasteiger partial charge is 0.477 e. The summed E-state index contributed by atoms with van der Waals surface area (Å²) < 4.78 is 39.2. The number of H-pyrrole nitrogens is 1. The Morgan fingerprint density at radius 3 is 2.67 bits per heavy atom. The number of hydrogen-bond acceptors (Lipinski definition) is 3. The lowest BCUT2D eigenvalue weighted by atomic mass is 10.2. The van der Waals surface area contributed by atoms with Crippen molar-refractivity contribution < 1.29 is 22.7 Å². The Labute approximate surface area is 124 Å². The number of hydrogen-bond donors (Lipinski definition) is 3. The van der Waals surface area contributed by atoms with Crippen LogP contribution in [0.1, 0.15) is 16.1 Å². The van der Waals surface area contributed by atoms with Gasteiger partial charge in [-0.3, -0.25) is 0 Å². The van der Waals surface area contributed by atoms with E-state index in [2.05, 4.69) is 9.71 Å². The van der Waals surface area contributed by atoms with E-state index >= 15 is 0 Å². The van der Waals surface area contributed by atoms with E-state index in [4.69, 9.17) is 16.7 Å². The Hall–Kier alpha value is -1.90. The van der Waals surface area contributed by atoms with Crippen molar-refractivity contribution in [3.63, 3.8) is 0 Å². The molecule has 0 spiro atoms. The van der Waals surface area contributed by atoms with Crippen LogP contribution in [0.3, 0.4) is 0 Å². The van der Waals surface area contributed by atoms with Crippen molar-refractivity contribution >= 4 is 27.6 Å². The quantitative estimate of drug-likeness (QED) is 0.779. The number of carbonyl (C=O) groups is 1. The van der Waals surface area contributed by atoms with Gasteiger partial charge < -0.3 is 10.1 Å². The van der Waals surface area contributed by atoms with Gasteiger partial charge in [-0.1, -0.05) is 17.7 Å². The van der Waals surface area contributed by atoms with Gasteiger partial charge in [0.1, 0.15) is 16.4 Å². The van der Waals surface area contributed by atoms with Gasteiger partial charge in [0.2, 0.25) is 10.0 Å². The Bertz CT molecular complexity index is 788. The molecular weight excluding hydrogens is 323 g/mol. The number of carboxylic acids is 1. The predicted octanol–water partition coefficient (Wildman–Crippen LogP) is 1.98. The summed E-state index contributed by atoms with van der Waals surface area (Å²) in [7, 11) is -3.88.